The molecule has 28 heavy (non-hydrogen) atoms. The summed E-state index contributed by atoms with van der Waals surface area (Å²) in [5.41, 5.74) is 2.75. The summed E-state index contributed by atoms with van der Waals surface area (Å²) in [6.07, 6.45) is 1.64. The number of nitrogens with zero attached hydrogens (tertiary/aromatic N) is 4. The predicted octanol–water partition coefficient (Wildman–Crippen LogP) is 2.77. The molecule has 0 saturated carbocycles. The lowest BCUT2D eigenvalue weighted by molar-refractivity contribution is -0.123. The molecule has 0 spiro atoms. The first-order valence-corrected chi connectivity index (χ1v) is 10.4. The number of carbonyl (C=O) groups is 1. The zero-order valence-corrected chi connectivity index (χ0v) is 17.6. The molecule has 1 N–H and O–H groups in total. The Morgan fingerprint density at radius 1 is 1.07 bits per heavy atom. The Labute approximate surface area is 168 Å². The standard InChI is InChI=1S/C22H33N5O/c1-16(2)19-7-5-18(6-8-19)15-26-12-10-21-25-24-20(27(21)14-13-26)9-11-23-22(28)17(3)4/h5-8,16-17H,9-15H2,1-4H3,(H,23,28). The molecule has 0 fully saturated rings. The molecular formula is C22H33N5O. The van der Waals surface area contributed by atoms with Crippen molar-refractivity contribution in [2.45, 2.75) is 59.5 Å². The van der Waals surface area contributed by atoms with Crippen LogP contribution in [0.25, 0.3) is 0 Å². The van der Waals surface area contributed by atoms with Crippen molar-refractivity contribution in [1.29, 1.82) is 0 Å². The van der Waals surface area contributed by atoms with Crippen molar-refractivity contribution in [2.24, 2.45) is 5.92 Å². The Balaban J connectivity index is 1.54. The number of benzene rings is 1. The van der Waals surface area contributed by atoms with Crippen LogP contribution in [0.4, 0.5) is 0 Å². The topological polar surface area (TPSA) is 63.1 Å². The van der Waals surface area contributed by atoms with Crippen molar-refractivity contribution < 1.29 is 4.79 Å². The van der Waals surface area contributed by atoms with E-state index in [9.17, 15) is 4.79 Å². The molecule has 0 atom stereocenters. The molecule has 1 amide bonds. The van der Waals surface area contributed by atoms with E-state index in [-0.39, 0.29) is 11.8 Å². The summed E-state index contributed by atoms with van der Waals surface area (Å²) in [6, 6.07) is 9.00. The molecule has 1 aromatic carbocycles. The largest absolute Gasteiger partial charge is 0.355 e. The number of aromatic nitrogens is 3. The zero-order valence-electron chi connectivity index (χ0n) is 17.6. The van der Waals surface area contributed by atoms with Gasteiger partial charge in [-0.25, -0.2) is 0 Å². The van der Waals surface area contributed by atoms with Crippen LogP contribution in [0.5, 0.6) is 0 Å². The number of fused-ring (bicyclic) bond motifs is 1. The van der Waals surface area contributed by atoms with Crippen molar-refractivity contribution in [3.8, 4) is 0 Å². The second-order valence-corrected chi connectivity index (χ2v) is 8.30. The first-order valence-electron chi connectivity index (χ1n) is 10.4. The molecule has 152 valence electrons. The maximum absolute atomic E-state index is 11.7. The Bertz CT molecular complexity index is 779. The highest BCUT2D eigenvalue weighted by molar-refractivity contribution is 5.77. The SMILES string of the molecule is CC(C)C(=O)NCCc1nnc2n1CCN(Cc1ccc(C(C)C)cc1)CC2. The van der Waals surface area contributed by atoms with Gasteiger partial charge in [0.25, 0.3) is 0 Å². The van der Waals surface area contributed by atoms with Gasteiger partial charge in [-0.05, 0) is 17.0 Å². The number of hydrogen-bond donors (Lipinski definition) is 1. The molecule has 6 heteroatoms. The van der Waals surface area contributed by atoms with Gasteiger partial charge in [0.05, 0.1) is 0 Å². The van der Waals surface area contributed by atoms with Gasteiger partial charge in [-0.15, -0.1) is 10.2 Å². The van der Waals surface area contributed by atoms with Gasteiger partial charge in [0.15, 0.2) is 0 Å². The van der Waals surface area contributed by atoms with Gasteiger partial charge in [0.1, 0.15) is 11.6 Å². The quantitative estimate of drug-likeness (QED) is 0.799. The van der Waals surface area contributed by atoms with Gasteiger partial charge in [-0.2, -0.15) is 0 Å². The van der Waals surface area contributed by atoms with E-state index in [0.717, 1.165) is 50.7 Å². The lowest BCUT2D eigenvalue weighted by Gasteiger charge is -2.20. The zero-order chi connectivity index (χ0) is 20.1. The number of hydrogen-bond acceptors (Lipinski definition) is 4. The second-order valence-electron chi connectivity index (χ2n) is 8.30. The van der Waals surface area contributed by atoms with Gasteiger partial charge in [0.2, 0.25) is 5.91 Å². The van der Waals surface area contributed by atoms with Crippen LogP contribution in [0.2, 0.25) is 0 Å². The lowest BCUT2D eigenvalue weighted by atomic mass is 10.0. The fraction of sp³-hybridized carbons (Fsp3) is 0.591. The van der Waals surface area contributed by atoms with Gasteiger partial charge in [-0.3, -0.25) is 9.69 Å². The number of rotatable bonds is 7. The van der Waals surface area contributed by atoms with E-state index in [1.807, 2.05) is 13.8 Å². The van der Waals surface area contributed by atoms with E-state index in [0.29, 0.717) is 12.5 Å². The van der Waals surface area contributed by atoms with Crippen LogP contribution >= 0.6 is 0 Å². The van der Waals surface area contributed by atoms with E-state index in [1.165, 1.54) is 11.1 Å². The highest BCUT2D eigenvalue weighted by Gasteiger charge is 2.19. The van der Waals surface area contributed by atoms with Crippen LogP contribution in [0, 0.1) is 5.92 Å². The molecule has 1 aliphatic heterocycles. The van der Waals surface area contributed by atoms with Crippen molar-refractivity contribution in [2.75, 3.05) is 19.6 Å². The third kappa shape index (κ3) is 5.19. The number of carbonyl (C=O) groups excluding carboxylic acids is 1. The summed E-state index contributed by atoms with van der Waals surface area (Å²) in [4.78, 5) is 14.2. The fourth-order valence-corrected chi connectivity index (χ4v) is 3.54. The summed E-state index contributed by atoms with van der Waals surface area (Å²) < 4.78 is 2.24. The van der Waals surface area contributed by atoms with E-state index in [1.54, 1.807) is 0 Å². The van der Waals surface area contributed by atoms with E-state index in [4.69, 9.17) is 0 Å². The molecule has 0 saturated heterocycles. The summed E-state index contributed by atoms with van der Waals surface area (Å²) in [7, 11) is 0. The van der Waals surface area contributed by atoms with Gasteiger partial charge in [-0.1, -0.05) is 52.0 Å². The van der Waals surface area contributed by atoms with Gasteiger partial charge >= 0.3 is 0 Å². The van der Waals surface area contributed by atoms with E-state index >= 15 is 0 Å². The van der Waals surface area contributed by atoms with Gasteiger partial charge in [0, 0.05) is 51.5 Å². The maximum Gasteiger partial charge on any atom is 0.222 e. The third-order valence-electron chi connectivity index (χ3n) is 5.42. The van der Waals surface area contributed by atoms with Crippen molar-refractivity contribution in [3.63, 3.8) is 0 Å². The molecule has 0 unspecified atom stereocenters. The minimum absolute atomic E-state index is 0.0127. The summed E-state index contributed by atoms with van der Waals surface area (Å²) in [6.45, 7) is 12.7. The Morgan fingerprint density at radius 2 is 1.82 bits per heavy atom. The monoisotopic (exact) mass is 383 g/mol. The van der Waals surface area contributed by atoms with Crippen LogP contribution in [-0.4, -0.2) is 45.2 Å². The normalized spacial score (nSPS) is 14.9. The lowest BCUT2D eigenvalue weighted by Crippen LogP contribution is -2.30. The Morgan fingerprint density at radius 3 is 2.50 bits per heavy atom. The minimum Gasteiger partial charge on any atom is -0.355 e. The molecule has 1 aromatic heterocycles. The van der Waals surface area contributed by atoms with Crippen LogP contribution in [-0.2, 0) is 30.7 Å². The first-order chi connectivity index (χ1) is 13.4. The van der Waals surface area contributed by atoms with Crippen molar-refractivity contribution in [1.82, 2.24) is 25.0 Å². The highest BCUT2D eigenvalue weighted by atomic mass is 16.1. The molecule has 6 nitrogen and oxygen atoms in total. The number of nitrogens with one attached hydrogen (secondary N) is 1. The molecule has 1 aliphatic rings. The predicted molar refractivity (Wildman–Crippen MR) is 111 cm³/mol. The molecule has 0 bridgehead atoms. The van der Waals surface area contributed by atoms with Crippen LogP contribution in [0.15, 0.2) is 24.3 Å². The molecule has 0 aliphatic carbocycles. The molecule has 0 radical (unpaired) electrons. The third-order valence-corrected chi connectivity index (χ3v) is 5.42. The molecule has 3 rings (SSSR count). The molecule has 2 heterocycles. The van der Waals surface area contributed by atoms with Crippen LogP contribution in [0.1, 0.15) is 56.4 Å². The first kappa shape index (κ1) is 20.5. The second kappa shape index (κ2) is 9.32. The smallest absolute Gasteiger partial charge is 0.222 e. The Kier molecular flexibility index (Phi) is 6.83. The molecular weight excluding hydrogens is 350 g/mol. The average molecular weight is 384 g/mol. The minimum atomic E-state index is 0.0127. The summed E-state index contributed by atoms with van der Waals surface area (Å²) in [5, 5.41) is 11.7. The van der Waals surface area contributed by atoms with Gasteiger partial charge < -0.3 is 9.88 Å². The van der Waals surface area contributed by atoms with E-state index < -0.39 is 0 Å². The Hall–Kier alpha value is -2.21. The highest BCUT2D eigenvalue weighted by Crippen LogP contribution is 2.17. The fourth-order valence-electron chi connectivity index (χ4n) is 3.54. The number of amides is 1. The maximum atomic E-state index is 11.7. The summed E-state index contributed by atoms with van der Waals surface area (Å²) in [5.74, 6) is 2.70. The molecule has 2 aromatic rings. The van der Waals surface area contributed by atoms with E-state index in [2.05, 4.69) is 63.1 Å². The van der Waals surface area contributed by atoms with Crippen LogP contribution in [0.3, 0.4) is 0 Å². The van der Waals surface area contributed by atoms with Crippen LogP contribution < -0.4 is 5.32 Å². The van der Waals surface area contributed by atoms with Crippen molar-refractivity contribution >= 4 is 5.91 Å². The summed E-state index contributed by atoms with van der Waals surface area (Å²) >= 11 is 0. The average Bonchev–Trinajstić information content (AvgIpc) is 2.94. The van der Waals surface area contributed by atoms with Crippen molar-refractivity contribution in [3.05, 3.63) is 47.0 Å².